The molecule has 0 bridgehead atoms. The van der Waals surface area contributed by atoms with Crippen molar-refractivity contribution in [3.8, 4) is 0 Å². The maximum atomic E-state index is 6.08. The maximum absolute atomic E-state index is 6.08. The molecule has 1 aliphatic heterocycles. The molecule has 0 aromatic rings. The van der Waals surface area contributed by atoms with Crippen molar-refractivity contribution in [3.05, 3.63) is 24.3 Å². The fraction of sp³-hybridized carbons (Fsp3) is 0.733. The Kier molecular flexibility index (Phi) is 4.87. The van der Waals surface area contributed by atoms with Gasteiger partial charge in [-0.25, -0.2) is 0 Å². The fourth-order valence-electron chi connectivity index (χ4n) is 2.12. The standard InChI is InChI=1S/C15H21Cl3S2/c1-12(2,3)11-9-19-14(20-10-11)7-5-13(4,6-8-14)15(16,17)18/h5-8,11H,9-10H2,1-4H3. The summed E-state index contributed by atoms with van der Waals surface area (Å²) in [5.74, 6) is 3.09. The number of halogens is 3. The van der Waals surface area contributed by atoms with Crippen molar-refractivity contribution in [2.45, 2.75) is 35.6 Å². The monoisotopic (exact) mass is 370 g/mol. The van der Waals surface area contributed by atoms with Crippen molar-refractivity contribution in [3.63, 3.8) is 0 Å². The van der Waals surface area contributed by atoms with Gasteiger partial charge in [-0.3, -0.25) is 0 Å². The minimum atomic E-state index is -1.31. The third kappa shape index (κ3) is 3.51. The maximum Gasteiger partial charge on any atom is 0.202 e. The second kappa shape index (κ2) is 5.60. The lowest BCUT2D eigenvalue weighted by Gasteiger charge is -2.43. The summed E-state index contributed by atoms with van der Waals surface area (Å²) in [6.45, 7) is 8.92. The number of hydrogen-bond donors (Lipinski definition) is 0. The molecule has 0 unspecified atom stereocenters. The van der Waals surface area contributed by atoms with Crippen molar-refractivity contribution in [1.29, 1.82) is 0 Å². The Bertz CT molecular complexity index is 405. The molecule has 2 rings (SSSR count). The molecule has 114 valence electrons. The Labute approximate surface area is 146 Å². The number of alkyl halides is 3. The average molecular weight is 372 g/mol. The fourth-order valence-corrected chi connectivity index (χ4v) is 6.21. The molecule has 1 aliphatic carbocycles. The van der Waals surface area contributed by atoms with Crippen molar-refractivity contribution < 1.29 is 0 Å². The molecule has 1 saturated heterocycles. The zero-order chi connectivity index (χ0) is 15.2. The molecular formula is C15H21Cl3S2. The van der Waals surface area contributed by atoms with E-state index >= 15 is 0 Å². The Hall–Kier alpha value is 1.05. The summed E-state index contributed by atoms with van der Waals surface area (Å²) in [5, 5.41) is 0. The second-order valence-corrected chi connectivity index (χ2v) is 12.0. The van der Waals surface area contributed by atoms with Gasteiger partial charge in [-0.2, -0.15) is 0 Å². The van der Waals surface area contributed by atoms with Crippen molar-refractivity contribution in [1.82, 2.24) is 0 Å². The van der Waals surface area contributed by atoms with Crippen LogP contribution < -0.4 is 0 Å². The lowest BCUT2D eigenvalue weighted by molar-refractivity contribution is 0.292. The molecule has 0 N–H and O–H groups in total. The van der Waals surface area contributed by atoms with Gasteiger partial charge >= 0.3 is 0 Å². The van der Waals surface area contributed by atoms with Crippen molar-refractivity contribution in [2.75, 3.05) is 11.5 Å². The zero-order valence-corrected chi connectivity index (χ0v) is 16.2. The van der Waals surface area contributed by atoms with Crippen LogP contribution in [0.5, 0.6) is 0 Å². The van der Waals surface area contributed by atoms with E-state index in [1.807, 2.05) is 30.4 Å². The van der Waals surface area contributed by atoms with Crippen LogP contribution in [0.25, 0.3) is 0 Å². The van der Waals surface area contributed by atoms with Crippen LogP contribution in [0.4, 0.5) is 0 Å². The minimum absolute atomic E-state index is 0.0250. The van der Waals surface area contributed by atoms with Crippen LogP contribution in [0.3, 0.4) is 0 Å². The molecule has 0 radical (unpaired) electrons. The number of hydrogen-bond acceptors (Lipinski definition) is 2. The second-order valence-electron chi connectivity index (χ2n) is 6.85. The quantitative estimate of drug-likeness (QED) is 0.360. The summed E-state index contributed by atoms with van der Waals surface area (Å²) in [4.78, 5) is 0. The highest BCUT2D eigenvalue weighted by atomic mass is 35.6. The number of rotatable bonds is 0. The first-order valence-corrected chi connectivity index (χ1v) is 9.83. The molecule has 0 aromatic heterocycles. The van der Waals surface area contributed by atoms with Gasteiger partial charge in [0.1, 0.15) is 0 Å². The summed E-state index contributed by atoms with van der Waals surface area (Å²) in [6, 6.07) is 0. The van der Waals surface area contributed by atoms with E-state index < -0.39 is 9.21 Å². The first-order valence-electron chi connectivity index (χ1n) is 6.73. The van der Waals surface area contributed by atoms with Gasteiger partial charge in [-0.1, -0.05) is 79.9 Å². The third-order valence-electron chi connectivity index (χ3n) is 4.18. The topological polar surface area (TPSA) is 0 Å². The van der Waals surface area contributed by atoms with Gasteiger partial charge < -0.3 is 0 Å². The number of allylic oxidation sites excluding steroid dienone is 2. The highest BCUT2D eigenvalue weighted by molar-refractivity contribution is 8.19. The number of thioether (sulfide) groups is 2. The first-order chi connectivity index (χ1) is 8.98. The van der Waals surface area contributed by atoms with Crippen LogP contribution in [0.1, 0.15) is 27.7 Å². The normalized spacial score (nSPS) is 38.5. The highest BCUT2D eigenvalue weighted by Gasteiger charge is 2.45. The smallest absolute Gasteiger partial charge is 0.136 e. The van der Waals surface area contributed by atoms with Gasteiger partial charge in [0.2, 0.25) is 3.79 Å². The largest absolute Gasteiger partial charge is 0.202 e. The van der Waals surface area contributed by atoms with E-state index in [0.717, 1.165) is 5.92 Å². The molecule has 5 heteroatoms. The molecule has 1 spiro atoms. The first kappa shape index (κ1) is 17.4. The van der Waals surface area contributed by atoms with Crippen LogP contribution in [-0.2, 0) is 0 Å². The molecule has 1 fully saturated rings. The SMILES string of the molecule is CC(C)(C)C1CSC2(C=CC(C)(C(Cl)(Cl)Cl)C=C2)SC1. The minimum Gasteiger partial charge on any atom is -0.136 e. The van der Waals surface area contributed by atoms with Gasteiger partial charge in [0, 0.05) is 0 Å². The summed E-state index contributed by atoms with van der Waals surface area (Å²) in [5.41, 5.74) is -0.152. The van der Waals surface area contributed by atoms with E-state index in [0.29, 0.717) is 5.41 Å². The highest BCUT2D eigenvalue weighted by Crippen LogP contribution is 2.55. The van der Waals surface area contributed by atoms with Crippen LogP contribution in [0.15, 0.2) is 24.3 Å². The van der Waals surface area contributed by atoms with Gasteiger partial charge in [0.05, 0.1) is 9.49 Å². The van der Waals surface area contributed by atoms with Crippen LogP contribution in [0.2, 0.25) is 0 Å². The van der Waals surface area contributed by atoms with Crippen molar-refractivity contribution >= 4 is 58.3 Å². The van der Waals surface area contributed by atoms with E-state index in [2.05, 4.69) is 45.1 Å². The Morgan fingerprint density at radius 2 is 1.40 bits per heavy atom. The van der Waals surface area contributed by atoms with Gasteiger partial charge in [-0.05, 0) is 29.8 Å². The van der Waals surface area contributed by atoms with Crippen LogP contribution in [0, 0.1) is 16.7 Å². The molecule has 0 atom stereocenters. The lowest BCUT2D eigenvalue weighted by atomic mass is 9.83. The van der Waals surface area contributed by atoms with Crippen molar-refractivity contribution in [2.24, 2.45) is 16.7 Å². The third-order valence-corrected chi connectivity index (χ3v) is 8.69. The average Bonchev–Trinajstić information content (AvgIpc) is 2.32. The Morgan fingerprint density at radius 3 is 1.75 bits per heavy atom. The van der Waals surface area contributed by atoms with E-state index in [1.54, 1.807) is 0 Å². The Balaban J connectivity index is 2.08. The Morgan fingerprint density at radius 1 is 0.950 bits per heavy atom. The summed E-state index contributed by atoms with van der Waals surface area (Å²) in [6.07, 6.45) is 8.53. The molecule has 20 heavy (non-hydrogen) atoms. The van der Waals surface area contributed by atoms with Gasteiger partial charge in [0.25, 0.3) is 0 Å². The van der Waals surface area contributed by atoms with Crippen LogP contribution >= 0.6 is 58.3 Å². The molecule has 0 nitrogen and oxygen atoms in total. The van der Waals surface area contributed by atoms with E-state index in [9.17, 15) is 0 Å². The lowest BCUT2D eigenvalue weighted by Crippen LogP contribution is -2.37. The molecule has 0 saturated carbocycles. The summed E-state index contributed by atoms with van der Waals surface area (Å²) < 4.78 is -1.28. The van der Waals surface area contributed by atoms with Gasteiger partial charge in [0.15, 0.2) is 0 Å². The van der Waals surface area contributed by atoms with E-state index in [4.69, 9.17) is 34.8 Å². The zero-order valence-electron chi connectivity index (χ0n) is 12.3. The van der Waals surface area contributed by atoms with E-state index in [-0.39, 0.29) is 4.08 Å². The molecule has 0 aromatic carbocycles. The van der Waals surface area contributed by atoms with E-state index in [1.165, 1.54) is 11.5 Å². The van der Waals surface area contributed by atoms with Gasteiger partial charge in [-0.15, -0.1) is 23.5 Å². The van der Waals surface area contributed by atoms with Crippen LogP contribution in [-0.4, -0.2) is 19.4 Å². The molecule has 0 amide bonds. The predicted molar refractivity (Wildman–Crippen MR) is 97.3 cm³/mol. The predicted octanol–water partition coefficient (Wildman–Crippen LogP) is 6.33. The summed E-state index contributed by atoms with van der Waals surface area (Å²) >= 11 is 22.2. The molecular weight excluding hydrogens is 351 g/mol. The molecule has 1 heterocycles. The summed E-state index contributed by atoms with van der Waals surface area (Å²) in [7, 11) is 0. The molecule has 2 aliphatic rings.